The van der Waals surface area contributed by atoms with Crippen LogP contribution in [0, 0.1) is 0 Å². The fourth-order valence-corrected chi connectivity index (χ4v) is 3.49. The van der Waals surface area contributed by atoms with Gasteiger partial charge in [-0.3, -0.25) is 9.78 Å². The maximum absolute atomic E-state index is 12.4. The van der Waals surface area contributed by atoms with Crippen molar-refractivity contribution in [2.75, 3.05) is 0 Å². The largest absolute Gasteiger partial charge is 0.294 e. The van der Waals surface area contributed by atoms with E-state index in [4.69, 9.17) is 0 Å². The molecule has 0 fully saturated rings. The molecule has 0 radical (unpaired) electrons. The van der Waals surface area contributed by atoms with Crippen molar-refractivity contribution in [3.05, 3.63) is 62.9 Å². The number of benzene rings is 1. The van der Waals surface area contributed by atoms with Gasteiger partial charge in [-0.25, -0.2) is 0 Å². The Hall–Kier alpha value is -1.52. The Kier molecular flexibility index (Phi) is 3.44. The van der Waals surface area contributed by atoms with Crippen LogP contribution < -0.4 is 0 Å². The second-order valence-electron chi connectivity index (χ2n) is 4.21. The summed E-state index contributed by atoms with van der Waals surface area (Å²) in [6.07, 6.45) is 2.13. The standard InChI is InChI=1S/C15H10BrNOS/c16-10-7-11(19-9-10)8-15(18)13-5-6-17-14-4-2-1-3-12(13)14/h1-7,9H,8H2. The van der Waals surface area contributed by atoms with Crippen molar-refractivity contribution in [1.29, 1.82) is 0 Å². The van der Waals surface area contributed by atoms with Crippen molar-refractivity contribution in [3.63, 3.8) is 0 Å². The average Bonchev–Trinajstić information content (AvgIpc) is 2.83. The highest BCUT2D eigenvalue weighted by Crippen LogP contribution is 2.23. The fraction of sp³-hybridized carbons (Fsp3) is 0.0667. The van der Waals surface area contributed by atoms with Gasteiger partial charge in [-0.15, -0.1) is 11.3 Å². The number of pyridine rings is 1. The molecule has 2 aromatic heterocycles. The van der Waals surface area contributed by atoms with Crippen LogP contribution in [-0.4, -0.2) is 10.8 Å². The third-order valence-corrected chi connectivity index (χ3v) is 4.60. The van der Waals surface area contributed by atoms with E-state index in [0.717, 1.165) is 25.8 Å². The van der Waals surface area contributed by atoms with Crippen LogP contribution in [-0.2, 0) is 6.42 Å². The minimum Gasteiger partial charge on any atom is -0.294 e. The van der Waals surface area contributed by atoms with E-state index >= 15 is 0 Å². The highest BCUT2D eigenvalue weighted by molar-refractivity contribution is 9.10. The predicted octanol–water partition coefficient (Wildman–Crippen LogP) is 4.48. The molecule has 0 aliphatic rings. The Morgan fingerprint density at radius 2 is 2.11 bits per heavy atom. The molecule has 19 heavy (non-hydrogen) atoms. The summed E-state index contributed by atoms with van der Waals surface area (Å²) in [6, 6.07) is 11.5. The smallest absolute Gasteiger partial charge is 0.168 e. The van der Waals surface area contributed by atoms with Gasteiger partial charge in [0, 0.05) is 38.3 Å². The molecule has 0 spiro atoms. The van der Waals surface area contributed by atoms with E-state index in [0.29, 0.717) is 6.42 Å². The molecule has 3 aromatic rings. The van der Waals surface area contributed by atoms with Crippen LogP contribution in [0.5, 0.6) is 0 Å². The minimum absolute atomic E-state index is 0.132. The van der Waals surface area contributed by atoms with Gasteiger partial charge in [-0.2, -0.15) is 0 Å². The number of halogens is 1. The Morgan fingerprint density at radius 1 is 1.26 bits per heavy atom. The van der Waals surface area contributed by atoms with Gasteiger partial charge in [0.05, 0.1) is 5.52 Å². The van der Waals surface area contributed by atoms with Crippen LogP contribution in [0.3, 0.4) is 0 Å². The molecular weight excluding hydrogens is 322 g/mol. The molecule has 0 atom stereocenters. The van der Waals surface area contributed by atoms with Gasteiger partial charge in [0.25, 0.3) is 0 Å². The predicted molar refractivity (Wildman–Crippen MR) is 81.8 cm³/mol. The maximum Gasteiger partial charge on any atom is 0.168 e. The summed E-state index contributed by atoms with van der Waals surface area (Å²) in [5.74, 6) is 0.132. The third-order valence-electron chi connectivity index (χ3n) is 2.91. The summed E-state index contributed by atoms with van der Waals surface area (Å²) in [6.45, 7) is 0. The van der Waals surface area contributed by atoms with Gasteiger partial charge >= 0.3 is 0 Å². The van der Waals surface area contributed by atoms with Crippen molar-refractivity contribution in [2.45, 2.75) is 6.42 Å². The lowest BCUT2D eigenvalue weighted by molar-refractivity contribution is 0.0995. The minimum atomic E-state index is 0.132. The average molecular weight is 332 g/mol. The second-order valence-corrected chi connectivity index (χ2v) is 6.12. The van der Waals surface area contributed by atoms with E-state index in [-0.39, 0.29) is 5.78 Å². The molecule has 0 aliphatic heterocycles. The lowest BCUT2D eigenvalue weighted by Crippen LogP contribution is -2.03. The number of carbonyl (C=O) groups excluding carboxylic acids is 1. The zero-order valence-electron chi connectivity index (χ0n) is 9.97. The number of para-hydroxylation sites is 1. The Bertz CT molecular complexity index is 745. The number of fused-ring (bicyclic) bond motifs is 1. The monoisotopic (exact) mass is 331 g/mol. The van der Waals surface area contributed by atoms with Gasteiger partial charge in [-0.1, -0.05) is 18.2 Å². The van der Waals surface area contributed by atoms with E-state index in [1.807, 2.05) is 35.7 Å². The molecule has 2 nitrogen and oxygen atoms in total. The van der Waals surface area contributed by atoms with Gasteiger partial charge < -0.3 is 0 Å². The number of hydrogen-bond acceptors (Lipinski definition) is 3. The summed E-state index contributed by atoms with van der Waals surface area (Å²) >= 11 is 5.00. The number of carbonyl (C=O) groups is 1. The normalized spacial score (nSPS) is 10.8. The second kappa shape index (κ2) is 5.23. The summed E-state index contributed by atoms with van der Waals surface area (Å²) in [5, 5.41) is 2.92. The summed E-state index contributed by atoms with van der Waals surface area (Å²) in [7, 11) is 0. The zero-order chi connectivity index (χ0) is 13.2. The van der Waals surface area contributed by atoms with Gasteiger partial charge in [-0.05, 0) is 34.1 Å². The highest BCUT2D eigenvalue weighted by Gasteiger charge is 2.12. The SMILES string of the molecule is O=C(Cc1cc(Br)cs1)c1ccnc2ccccc12. The first-order valence-electron chi connectivity index (χ1n) is 5.84. The van der Waals surface area contributed by atoms with Crippen LogP contribution in [0.4, 0.5) is 0 Å². The summed E-state index contributed by atoms with van der Waals surface area (Å²) < 4.78 is 1.03. The first kappa shape index (κ1) is 12.5. The Balaban J connectivity index is 1.97. The van der Waals surface area contributed by atoms with Crippen LogP contribution >= 0.6 is 27.3 Å². The Morgan fingerprint density at radius 3 is 2.89 bits per heavy atom. The van der Waals surface area contributed by atoms with E-state index in [9.17, 15) is 4.79 Å². The van der Waals surface area contributed by atoms with Crippen LogP contribution in [0.25, 0.3) is 10.9 Å². The van der Waals surface area contributed by atoms with Gasteiger partial charge in [0.1, 0.15) is 0 Å². The molecule has 0 amide bonds. The molecule has 0 saturated heterocycles. The number of nitrogens with zero attached hydrogens (tertiary/aromatic N) is 1. The van der Waals surface area contributed by atoms with Crippen molar-refractivity contribution < 1.29 is 4.79 Å². The molecule has 3 rings (SSSR count). The van der Waals surface area contributed by atoms with Crippen LogP contribution in [0.2, 0.25) is 0 Å². The summed E-state index contributed by atoms with van der Waals surface area (Å²) in [4.78, 5) is 17.7. The lowest BCUT2D eigenvalue weighted by atomic mass is 10.0. The number of thiophene rings is 1. The first-order chi connectivity index (χ1) is 9.24. The van der Waals surface area contributed by atoms with Crippen molar-refractivity contribution in [2.24, 2.45) is 0 Å². The molecule has 0 saturated carbocycles. The maximum atomic E-state index is 12.4. The number of aromatic nitrogens is 1. The molecule has 0 unspecified atom stereocenters. The third kappa shape index (κ3) is 2.60. The molecule has 0 N–H and O–H groups in total. The van der Waals surface area contributed by atoms with E-state index < -0.39 is 0 Å². The highest BCUT2D eigenvalue weighted by atomic mass is 79.9. The topological polar surface area (TPSA) is 30.0 Å². The molecule has 94 valence electrons. The van der Waals surface area contributed by atoms with E-state index in [1.165, 1.54) is 0 Å². The molecule has 0 aliphatic carbocycles. The van der Waals surface area contributed by atoms with Crippen LogP contribution in [0.1, 0.15) is 15.2 Å². The lowest BCUT2D eigenvalue weighted by Gasteiger charge is -2.04. The molecular formula is C15H10BrNOS. The van der Waals surface area contributed by atoms with E-state index in [1.54, 1.807) is 23.6 Å². The molecule has 1 aromatic carbocycles. The van der Waals surface area contributed by atoms with E-state index in [2.05, 4.69) is 20.9 Å². The number of rotatable bonds is 3. The zero-order valence-corrected chi connectivity index (χ0v) is 12.4. The fourth-order valence-electron chi connectivity index (χ4n) is 2.04. The molecule has 2 heterocycles. The molecule has 0 bridgehead atoms. The quantitative estimate of drug-likeness (QED) is 0.662. The summed E-state index contributed by atoms with van der Waals surface area (Å²) in [5.41, 5.74) is 1.61. The van der Waals surface area contributed by atoms with Gasteiger partial charge in [0.15, 0.2) is 5.78 Å². The molecule has 4 heteroatoms. The number of hydrogen-bond donors (Lipinski definition) is 0. The number of ketones is 1. The Labute approximate surface area is 123 Å². The number of Topliss-reactive ketones (excluding diaryl/α,β-unsaturated/α-hetero) is 1. The van der Waals surface area contributed by atoms with Crippen LogP contribution in [0.15, 0.2) is 52.4 Å². The van der Waals surface area contributed by atoms with Crippen molar-refractivity contribution in [1.82, 2.24) is 4.98 Å². The first-order valence-corrected chi connectivity index (χ1v) is 7.51. The van der Waals surface area contributed by atoms with Crippen molar-refractivity contribution >= 4 is 44.0 Å². The van der Waals surface area contributed by atoms with Crippen molar-refractivity contribution in [3.8, 4) is 0 Å². The van der Waals surface area contributed by atoms with Gasteiger partial charge in [0.2, 0.25) is 0 Å².